The lowest BCUT2D eigenvalue weighted by molar-refractivity contribution is -0.870. The van der Waals surface area contributed by atoms with Crippen molar-refractivity contribution >= 4 is 13.8 Å². The third-order valence-corrected chi connectivity index (χ3v) is 10.4. The van der Waals surface area contributed by atoms with Crippen molar-refractivity contribution in [2.24, 2.45) is 0 Å². The fourth-order valence-electron chi connectivity index (χ4n) is 5.93. The van der Waals surface area contributed by atoms with Gasteiger partial charge < -0.3 is 18.9 Å². The summed E-state index contributed by atoms with van der Waals surface area (Å²) in [7, 11) is 1.66. The Kier molecular flexibility index (Phi) is 37.7. The number of quaternary nitrogens is 1. The molecule has 0 aliphatic carbocycles. The molecule has 0 aromatic carbocycles. The van der Waals surface area contributed by atoms with Gasteiger partial charge in [0.15, 0.2) is 0 Å². The van der Waals surface area contributed by atoms with Crippen LogP contribution in [0, 0.1) is 0 Å². The Balaban J connectivity index is 4.22. The summed E-state index contributed by atoms with van der Waals surface area (Å²) < 4.78 is 35.0. The van der Waals surface area contributed by atoms with Gasteiger partial charge in [-0.2, -0.15) is 0 Å². The highest BCUT2D eigenvalue weighted by atomic mass is 31.2. The molecule has 0 amide bonds. The summed E-state index contributed by atoms with van der Waals surface area (Å²) in [6.45, 7) is 5.57. The smallest absolute Gasteiger partial charge is 0.457 e. The average Bonchev–Trinajstić information content (AvgIpc) is 3.12. The fraction of sp³-hybridized carbons (Fsp3) is 0.844. The number of hydrogen-bond acceptors (Lipinski definition) is 6. The highest BCUT2D eigenvalue weighted by Gasteiger charge is 2.26. The second-order valence-corrected chi connectivity index (χ2v) is 17.5. The molecule has 0 heterocycles. The minimum absolute atomic E-state index is 0.0856. The van der Waals surface area contributed by atoms with E-state index in [9.17, 15) is 14.3 Å². The second-order valence-electron chi connectivity index (χ2n) is 16.1. The summed E-state index contributed by atoms with van der Waals surface area (Å²) in [6.07, 6.45) is 44.6. The predicted molar refractivity (Wildman–Crippen MR) is 229 cm³/mol. The number of esters is 1. The molecule has 0 rings (SSSR count). The van der Waals surface area contributed by atoms with Crippen molar-refractivity contribution in [2.45, 2.75) is 193 Å². The molecule has 54 heavy (non-hydrogen) atoms. The molecule has 0 aromatic heterocycles. The van der Waals surface area contributed by atoms with E-state index in [0.717, 1.165) is 51.4 Å². The molecule has 0 spiro atoms. The van der Waals surface area contributed by atoms with Crippen LogP contribution in [0.15, 0.2) is 36.5 Å². The Morgan fingerprint density at radius 2 is 1.02 bits per heavy atom. The maximum atomic E-state index is 12.7. The van der Waals surface area contributed by atoms with E-state index in [4.69, 9.17) is 18.5 Å². The van der Waals surface area contributed by atoms with Crippen molar-refractivity contribution < 1.29 is 37.3 Å². The maximum absolute atomic E-state index is 12.7. The second kappa shape index (κ2) is 38.6. The fourth-order valence-corrected chi connectivity index (χ4v) is 6.67. The number of phosphoric acid groups is 1. The largest absolute Gasteiger partial charge is 0.472 e. The normalized spacial score (nSPS) is 14.1. The van der Waals surface area contributed by atoms with Crippen molar-refractivity contribution in [2.75, 3.05) is 54.1 Å². The van der Waals surface area contributed by atoms with Crippen LogP contribution in [-0.2, 0) is 27.9 Å². The molecule has 0 saturated heterocycles. The SMILES string of the molecule is CCCCCC/C=C\C/C=C\CCCCCCCCCCOCC(COP(=O)(O)OCC[N+](C)(C)C)OC(=O)CCCCCCC/C=C\CCCCCC. The van der Waals surface area contributed by atoms with Crippen molar-refractivity contribution in [3.8, 4) is 0 Å². The number of carbonyl (C=O) groups is 1. The number of ether oxygens (including phenoxy) is 2. The number of hydrogen-bond donors (Lipinski definition) is 1. The zero-order valence-electron chi connectivity index (χ0n) is 36.0. The molecule has 9 heteroatoms. The Bertz CT molecular complexity index is 962. The topological polar surface area (TPSA) is 91.3 Å². The van der Waals surface area contributed by atoms with Crippen LogP contribution in [0.3, 0.4) is 0 Å². The molecule has 0 bridgehead atoms. The van der Waals surface area contributed by atoms with Crippen molar-refractivity contribution in [1.29, 1.82) is 0 Å². The lowest BCUT2D eigenvalue weighted by Crippen LogP contribution is -2.37. The maximum Gasteiger partial charge on any atom is 0.472 e. The monoisotopic (exact) mass is 785 g/mol. The molecular formula is C45H87NO7P+. The van der Waals surface area contributed by atoms with E-state index in [1.165, 1.54) is 116 Å². The third kappa shape index (κ3) is 41.9. The Morgan fingerprint density at radius 3 is 1.52 bits per heavy atom. The van der Waals surface area contributed by atoms with Gasteiger partial charge in [0.05, 0.1) is 34.4 Å². The van der Waals surface area contributed by atoms with Crippen molar-refractivity contribution in [1.82, 2.24) is 0 Å². The number of nitrogens with zero attached hydrogens (tertiary/aromatic N) is 1. The van der Waals surface area contributed by atoms with Crippen LogP contribution >= 0.6 is 7.82 Å². The van der Waals surface area contributed by atoms with Crippen LogP contribution < -0.4 is 0 Å². The Morgan fingerprint density at radius 1 is 0.574 bits per heavy atom. The molecule has 318 valence electrons. The zero-order chi connectivity index (χ0) is 39.9. The predicted octanol–water partition coefficient (Wildman–Crippen LogP) is 13.0. The summed E-state index contributed by atoms with van der Waals surface area (Å²) in [5, 5.41) is 0. The van der Waals surface area contributed by atoms with Gasteiger partial charge in [-0.25, -0.2) is 4.57 Å². The lowest BCUT2D eigenvalue weighted by Gasteiger charge is -2.24. The Hall–Kier alpha value is -1.28. The molecule has 2 unspecified atom stereocenters. The van der Waals surface area contributed by atoms with E-state index in [-0.39, 0.29) is 25.8 Å². The number of carbonyl (C=O) groups excluding carboxylic acids is 1. The van der Waals surface area contributed by atoms with E-state index in [2.05, 4.69) is 50.3 Å². The van der Waals surface area contributed by atoms with Crippen LogP contribution in [0.1, 0.15) is 187 Å². The highest BCUT2D eigenvalue weighted by Crippen LogP contribution is 2.43. The average molecular weight is 785 g/mol. The summed E-state index contributed by atoms with van der Waals surface area (Å²) in [5.41, 5.74) is 0. The van der Waals surface area contributed by atoms with Crippen LogP contribution in [0.2, 0.25) is 0 Å². The van der Waals surface area contributed by atoms with Gasteiger partial charge in [0, 0.05) is 13.0 Å². The molecule has 0 aliphatic heterocycles. The summed E-state index contributed by atoms with van der Waals surface area (Å²) in [4.78, 5) is 22.9. The first-order valence-electron chi connectivity index (χ1n) is 22.2. The molecular weight excluding hydrogens is 697 g/mol. The Labute approximate surface area is 334 Å². The van der Waals surface area contributed by atoms with Crippen LogP contribution in [0.25, 0.3) is 0 Å². The molecule has 8 nitrogen and oxygen atoms in total. The van der Waals surface area contributed by atoms with Gasteiger partial charge in [-0.1, -0.05) is 147 Å². The molecule has 2 atom stereocenters. The van der Waals surface area contributed by atoms with E-state index in [1.807, 2.05) is 21.1 Å². The zero-order valence-corrected chi connectivity index (χ0v) is 36.9. The van der Waals surface area contributed by atoms with Crippen molar-refractivity contribution in [3.63, 3.8) is 0 Å². The number of likely N-dealkylation sites (N-methyl/N-ethyl adjacent to an activating group) is 1. The molecule has 0 radical (unpaired) electrons. The van der Waals surface area contributed by atoms with Crippen LogP contribution in [0.4, 0.5) is 0 Å². The quantitative estimate of drug-likeness (QED) is 0.0217. The number of unbranched alkanes of at least 4 members (excludes halogenated alkanes) is 21. The van der Waals surface area contributed by atoms with Crippen LogP contribution in [0.5, 0.6) is 0 Å². The molecule has 0 saturated carbocycles. The van der Waals surface area contributed by atoms with Gasteiger partial charge in [-0.15, -0.1) is 0 Å². The number of rotatable bonds is 41. The van der Waals surface area contributed by atoms with Gasteiger partial charge >= 0.3 is 13.8 Å². The van der Waals surface area contributed by atoms with Gasteiger partial charge in [0.25, 0.3) is 0 Å². The molecule has 0 aliphatic rings. The van der Waals surface area contributed by atoms with Gasteiger partial charge in [-0.3, -0.25) is 13.8 Å². The van der Waals surface area contributed by atoms with Gasteiger partial charge in [0.1, 0.15) is 19.3 Å². The van der Waals surface area contributed by atoms with E-state index >= 15 is 0 Å². The van der Waals surface area contributed by atoms with E-state index in [0.29, 0.717) is 24.1 Å². The minimum Gasteiger partial charge on any atom is -0.457 e. The molecule has 0 fully saturated rings. The number of allylic oxidation sites excluding steroid dienone is 6. The summed E-state index contributed by atoms with van der Waals surface area (Å²) >= 11 is 0. The van der Waals surface area contributed by atoms with Gasteiger partial charge in [-0.05, 0) is 70.6 Å². The third-order valence-electron chi connectivity index (χ3n) is 9.42. The van der Waals surface area contributed by atoms with E-state index < -0.39 is 13.9 Å². The highest BCUT2D eigenvalue weighted by molar-refractivity contribution is 7.47. The lowest BCUT2D eigenvalue weighted by atomic mass is 10.1. The number of phosphoric ester groups is 1. The van der Waals surface area contributed by atoms with Crippen molar-refractivity contribution in [3.05, 3.63) is 36.5 Å². The summed E-state index contributed by atoms with van der Waals surface area (Å²) in [6, 6.07) is 0. The molecule has 0 aromatic rings. The minimum atomic E-state index is -4.28. The van der Waals surface area contributed by atoms with Gasteiger partial charge in [0.2, 0.25) is 0 Å². The first kappa shape index (κ1) is 52.7. The van der Waals surface area contributed by atoms with E-state index in [1.54, 1.807) is 0 Å². The van der Waals surface area contributed by atoms with Crippen LogP contribution in [-0.4, -0.2) is 75.6 Å². The molecule has 1 N–H and O–H groups in total. The standard InChI is InChI=1S/C45H86NO7P/c1-6-8-10-12-14-16-18-20-21-22-23-24-25-27-29-31-33-35-37-40-50-42-44(43-52-54(48,49)51-41-39-46(3,4)5)53-45(47)38-36-34-32-30-28-26-19-17-15-13-11-9-7-2/h16-19,21-22,44H,6-15,20,23-43H2,1-5H3/p+1/b18-16-,19-17-,22-21-. The first-order chi connectivity index (χ1) is 26.1. The first-order valence-corrected chi connectivity index (χ1v) is 23.7. The summed E-state index contributed by atoms with van der Waals surface area (Å²) in [5.74, 6) is -0.325.